The van der Waals surface area contributed by atoms with Gasteiger partial charge in [0.05, 0.1) is 21.2 Å². The number of halogens is 2. The van der Waals surface area contributed by atoms with E-state index in [1.807, 2.05) is 0 Å². The molecule has 0 bridgehead atoms. The first-order chi connectivity index (χ1) is 14.8. The minimum atomic E-state index is -4.15. The number of rotatable bonds is 5. The molecule has 1 aromatic heterocycles. The molecule has 0 radical (unpaired) electrons. The highest BCUT2D eigenvalue weighted by molar-refractivity contribution is 7.91. The van der Waals surface area contributed by atoms with Gasteiger partial charge < -0.3 is 5.11 Å². The van der Waals surface area contributed by atoms with Crippen molar-refractivity contribution in [1.29, 1.82) is 0 Å². The lowest BCUT2D eigenvalue weighted by Crippen LogP contribution is -2.07. The van der Waals surface area contributed by atoms with Gasteiger partial charge in [-0.2, -0.15) is 0 Å². The number of carboxylic acid groups (broad SMARTS) is 1. The van der Waals surface area contributed by atoms with E-state index in [0.29, 0.717) is 16.3 Å². The van der Waals surface area contributed by atoms with Crippen molar-refractivity contribution in [1.82, 2.24) is 15.0 Å². The summed E-state index contributed by atoms with van der Waals surface area (Å²) in [4.78, 5) is 11.0. The normalized spacial score (nSPS) is 11.4. The number of carboxylic acids is 1. The maximum Gasteiger partial charge on any atom is 0.335 e. The molecule has 31 heavy (non-hydrogen) atoms. The lowest BCUT2D eigenvalue weighted by molar-refractivity contribution is 0.0697. The van der Waals surface area contributed by atoms with Crippen molar-refractivity contribution in [2.24, 2.45) is 0 Å². The van der Waals surface area contributed by atoms with E-state index in [9.17, 15) is 13.2 Å². The summed E-state index contributed by atoms with van der Waals surface area (Å²) >= 11 is 12.1. The van der Waals surface area contributed by atoms with E-state index in [0.717, 1.165) is 0 Å². The Bertz CT molecular complexity index is 1390. The number of carbonyl (C=O) groups is 1. The molecule has 156 valence electrons. The molecule has 1 heterocycles. The van der Waals surface area contributed by atoms with Gasteiger partial charge in [0.25, 0.3) is 0 Å². The molecular formula is C21H13Cl2N3O4S. The second-order valence-electron chi connectivity index (χ2n) is 6.45. The van der Waals surface area contributed by atoms with Gasteiger partial charge in [-0.05, 0) is 42.5 Å². The van der Waals surface area contributed by atoms with Crippen LogP contribution >= 0.6 is 23.2 Å². The summed E-state index contributed by atoms with van der Waals surface area (Å²) < 4.78 is 28.2. The molecule has 0 amide bonds. The average Bonchev–Trinajstić information content (AvgIpc) is 3.20. The first kappa shape index (κ1) is 21.0. The zero-order valence-electron chi connectivity index (χ0n) is 15.6. The summed E-state index contributed by atoms with van der Waals surface area (Å²) in [6.45, 7) is 0. The summed E-state index contributed by atoms with van der Waals surface area (Å²) in [5.41, 5.74) is 1.30. The van der Waals surface area contributed by atoms with Crippen molar-refractivity contribution < 1.29 is 18.3 Å². The van der Waals surface area contributed by atoms with E-state index in [-0.39, 0.29) is 26.2 Å². The minimum absolute atomic E-state index is 0.0353. The summed E-state index contributed by atoms with van der Waals surface area (Å²) in [5.74, 6) is -1.07. The van der Waals surface area contributed by atoms with Gasteiger partial charge in [-0.25, -0.2) is 17.9 Å². The van der Waals surface area contributed by atoms with Crippen LogP contribution in [-0.4, -0.2) is 34.5 Å². The van der Waals surface area contributed by atoms with E-state index in [1.165, 1.54) is 47.1 Å². The third kappa shape index (κ3) is 3.93. The topological polar surface area (TPSA) is 102 Å². The summed E-state index contributed by atoms with van der Waals surface area (Å²) in [5, 5.41) is 17.1. The van der Waals surface area contributed by atoms with Gasteiger partial charge in [-0.1, -0.05) is 58.7 Å². The summed E-state index contributed by atoms with van der Waals surface area (Å²) in [6, 6.07) is 18.7. The van der Waals surface area contributed by atoms with Crippen LogP contribution in [0.1, 0.15) is 10.4 Å². The second-order valence-corrected chi connectivity index (χ2v) is 9.13. The fourth-order valence-electron chi connectivity index (χ4n) is 3.01. The fraction of sp³-hybridized carbons (Fsp3) is 0. The summed E-state index contributed by atoms with van der Waals surface area (Å²) in [7, 11) is -4.15. The molecule has 0 saturated carbocycles. The Hall–Kier alpha value is -3.20. The van der Waals surface area contributed by atoms with Crippen LogP contribution in [0.2, 0.25) is 10.0 Å². The van der Waals surface area contributed by atoms with E-state index in [2.05, 4.69) is 10.3 Å². The number of benzene rings is 3. The highest BCUT2D eigenvalue weighted by Gasteiger charge is 2.30. The number of hydrogen-bond donors (Lipinski definition) is 1. The number of sulfone groups is 1. The standard InChI is InChI=1S/C21H13Cl2N3O4S/c22-15-8-11-18(17(23)12-15)31(29,30)20-19(13-4-2-1-3-5-13)26(25-24-20)16-9-6-14(7-10-16)21(27)28/h1-12H,(H,27,28). The van der Waals surface area contributed by atoms with Crippen LogP contribution in [0.25, 0.3) is 16.9 Å². The van der Waals surface area contributed by atoms with Crippen LogP contribution in [0.4, 0.5) is 0 Å². The number of aromatic nitrogens is 3. The van der Waals surface area contributed by atoms with Crippen molar-refractivity contribution in [2.45, 2.75) is 9.92 Å². The van der Waals surface area contributed by atoms with Crippen LogP contribution < -0.4 is 0 Å². The van der Waals surface area contributed by atoms with Crippen LogP contribution in [0.3, 0.4) is 0 Å². The van der Waals surface area contributed by atoms with Gasteiger partial charge in [-0.15, -0.1) is 5.10 Å². The number of aromatic carboxylic acids is 1. The molecule has 7 nitrogen and oxygen atoms in total. The van der Waals surface area contributed by atoms with Gasteiger partial charge in [-0.3, -0.25) is 0 Å². The lowest BCUT2D eigenvalue weighted by Gasteiger charge is -2.10. The predicted octanol–water partition coefficient (Wildman–Crippen LogP) is 4.77. The third-order valence-electron chi connectivity index (χ3n) is 4.48. The smallest absolute Gasteiger partial charge is 0.335 e. The zero-order valence-corrected chi connectivity index (χ0v) is 17.9. The first-order valence-electron chi connectivity index (χ1n) is 8.84. The minimum Gasteiger partial charge on any atom is -0.478 e. The second kappa shape index (κ2) is 8.14. The van der Waals surface area contributed by atoms with Crippen molar-refractivity contribution in [2.75, 3.05) is 0 Å². The lowest BCUT2D eigenvalue weighted by atomic mass is 10.1. The molecule has 4 aromatic rings. The van der Waals surface area contributed by atoms with Gasteiger partial charge in [0.15, 0.2) is 0 Å². The van der Waals surface area contributed by atoms with Crippen molar-refractivity contribution >= 4 is 39.0 Å². The van der Waals surface area contributed by atoms with Crippen LogP contribution in [-0.2, 0) is 9.84 Å². The maximum atomic E-state index is 13.4. The van der Waals surface area contributed by atoms with Crippen LogP contribution in [0, 0.1) is 0 Å². The maximum absolute atomic E-state index is 13.4. The number of hydrogen-bond acceptors (Lipinski definition) is 5. The quantitative estimate of drug-likeness (QED) is 0.447. The number of nitrogens with zero attached hydrogens (tertiary/aromatic N) is 3. The first-order valence-corrected chi connectivity index (χ1v) is 11.1. The molecule has 0 saturated heterocycles. The molecule has 0 aliphatic heterocycles. The monoisotopic (exact) mass is 473 g/mol. The van der Waals surface area contributed by atoms with E-state index < -0.39 is 15.8 Å². The molecule has 3 aromatic carbocycles. The summed E-state index contributed by atoms with van der Waals surface area (Å²) in [6.07, 6.45) is 0. The van der Waals surface area contributed by atoms with Gasteiger partial charge in [0, 0.05) is 10.6 Å². The van der Waals surface area contributed by atoms with Crippen molar-refractivity contribution in [3.63, 3.8) is 0 Å². The van der Waals surface area contributed by atoms with E-state index in [1.54, 1.807) is 30.3 Å². The molecule has 4 rings (SSSR count). The molecule has 1 N–H and O–H groups in total. The molecule has 0 aliphatic rings. The fourth-order valence-corrected chi connectivity index (χ4v) is 5.10. The Labute approximate surface area is 187 Å². The Morgan fingerprint density at radius 1 is 0.935 bits per heavy atom. The SMILES string of the molecule is O=C(O)c1ccc(-n2nnc(S(=O)(=O)c3ccc(Cl)cc3Cl)c2-c2ccccc2)cc1. The largest absolute Gasteiger partial charge is 0.478 e. The average molecular weight is 474 g/mol. The highest BCUT2D eigenvalue weighted by Crippen LogP contribution is 2.35. The van der Waals surface area contributed by atoms with E-state index >= 15 is 0 Å². The Morgan fingerprint density at radius 2 is 1.61 bits per heavy atom. The molecule has 10 heteroatoms. The highest BCUT2D eigenvalue weighted by atomic mass is 35.5. The molecule has 0 fully saturated rings. The molecule has 0 aliphatic carbocycles. The predicted molar refractivity (Wildman–Crippen MR) is 116 cm³/mol. The third-order valence-corrected chi connectivity index (χ3v) is 6.86. The van der Waals surface area contributed by atoms with Crippen molar-refractivity contribution in [3.8, 4) is 16.9 Å². The van der Waals surface area contributed by atoms with Crippen molar-refractivity contribution in [3.05, 3.63) is 88.4 Å². The molecule has 0 atom stereocenters. The molecule has 0 spiro atoms. The van der Waals surface area contributed by atoms with Crippen LogP contribution in [0.15, 0.2) is 82.7 Å². The Balaban J connectivity index is 1.95. The van der Waals surface area contributed by atoms with Gasteiger partial charge in [0.1, 0.15) is 5.69 Å². The molecular weight excluding hydrogens is 461 g/mol. The Kier molecular flexibility index (Phi) is 5.53. The molecule has 0 unspecified atom stereocenters. The zero-order chi connectivity index (χ0) is 22.2. The van der Waals surface area contributed by atoms with Crippen LogP contribution in [0.5, 0.6) is 0 Å². The van der Waals surface area contributed by atoms with Gasteiger partial charge >= 0.3 is 5.97 Å². The van der Waals surface area contributed by atoms with E-state index in [4.69, 9.17) is 28.3 Å². The van der Waals surface area contributed by atoms with Gasteiger partial charge in [0.2, 0.25) is 14.9 Å². The Morgan fingerprint density at radius 3 is 2.23 bits per heavy atom.